The van der Waals surface area contributed by atoms with E-state index in [9.17, 15) is 5.11 Å². The van der Waals surface area contributed by atoms with Gasteiger partial charge in [0.05, 0.1) is 12.5 Å². The van der Waals surface area contributed by atoms with Crippen molar-refractivity contribution in [3.8, 4) is 0 Å². The van der Waals surface area contributed by atoms with Crippen molar-refractivity contribution in [3.05, 3.63) is 11.7 Å². The lowest BCUT2D eigenvalue weighted by atomic mass is 9.70. The Balaban J connectivity index is 1.54. The van der Waals surface area contributed by atoms with Crippen molar-refractivity contribution in [2.45, 2.75) is 77.7 Å². The normalized spacial score (nSPS) is 28.6. The molecule has 0 aromatic carbocycles. The first-order chi connectivity index (χ1) is 9.93. The molecule has 0 amide bonds. The van der Waals surface area contributed by atoms with E-state index in [4.69, 9.17) is 4.52 Å². The molecule has 2 saturated carbocycles. The summed E-state index contributed by atoms with van der Waals surface area (Å²) < 4.78 is 5.34. The predicted molar refractivity (Wildman–Crippen MR) is 80.9 cm³/mol. The number of rotatable bonds is 4. The Morgan fingerprint density at radius 3 is 2.38 bits per heavy atom. The molecule has 4 heteroatoms. The summed E-state index contributed by atoms with van der Waals surface area (Å²) in [6, 6.07) is 0. The summed E-state index contributed by atoms with van der Waals surface area (Å²) >= 11 is 0. The minimum atomic E-state index is -0.296. The molecule has 0 radical (unpaired) electrons. The van der Waals surface area contributed by atoms with Crippen LogP contribution in [0.2, 0.25) is 0 Å². The first-order valence-corrected chi connectivity index (χ1v) is 8.44. The second kappa shape index (κ2) is 5.71. The second-order valence-corrected chi connectivity index (χ2v) is 8.07. The largest absolute Gasteiger partial charge is 0.392 e. The fourth-order valence-corrected chi connectivity index (χ4v) is 3.56. The van der Waals surface area contributed by atoms with Crippen LogP contribution in [0.5, 0.6) is 0 Å². The summed E-state index contributed by atoms with van der Waals surface area (Å²) in [5.41, 5.74) is 0.405. The Hall–Kier alpha value is -0.900. The Morgan fingerprint density at radius 1 is 1.14 bits per heavy atom. The van der Waals surface area contributed by atoms with Crippen LogP contribution < -0.4 is 0 Å². The Bertz CT molecular complexity index is 465. The molecule has 3 rings (SSSR count). The highest BCUT2D eigenvalue weighted by atomic mass is 16.5. The van der Waals surface area contributed by atoms with Gasteiger partial charge in [-0.3, -0.25) is 0 Å². The van der Waals surface area contributed by atoms with Gasteiger partial charge in [0.1, 0.15) is 0 Å². The maximum atomic E-state index is 9.96. The summed E-state index contributed by atoms with van der Waals surface area (Å²) in [5.74, 6) is 3.18. The molecule has 2 aliphatic carbocycles. The van der Waals surface area contributed by atoms with Gasteiger partial charge in [-0.1, -0.05) is 25.9 Å². The Morgan fingerprint density at radius 2 is 1.81 bits per heavy atom. The van der Waals surface area contributed by atoms with Crippen molar-refractivity contribution in [3.63, 3.8) is 0 Å². The van der Waals surface area contributed by atoms with Crippen LogP contribution in [-0.2, 0) is 6.42 Å². The lowest BCUT2D eigenvalue weighted by Gasteiger charge is -2.36. The highest BCUT2D eigenvalue weighted by Crippen LogP contribution is 2.42. The van der Waals surface area contributed by atoms with Gasteiger partial charge < -0.3 is 9.63 Å². The van der Waals surface area contributed by atoms with Gasteiger partial charge in [-0.25, -0.2) is 0 Å². The van der Waals surface area contributed by atoms with Crippen LogP contribution in [0.15, 0.2) is 4.52 Å². The molecule has 0 bridgehead atoms. The molecule has 1 heterocycles. The molecule has 21 heavy (non-hydrogen) atoms. The first-order valence-electron chi connectivity index (χ1n) is 8.44. The van der Waals surface area contributed by atoms with E-state index in [2.05, 4.69) is 30.9 Å². The fraction of sp³-hybridized carbons (Fsp3) is 0.882. The van der Waals surface area contributed by atoms with Gasteiger partial charge in [-0.05, 0) is 55.8 Å². The maximum absolute atomic E-state index is 9.96. The molecular weight excluding hydrogens is 264 g/mol. The number of nitrogens with zero attached hydrogens (tertiary/aromatic N) is 2. The van der Waals surface area contributed by atoms with E-state index >= 15 is 0 Å². The molecule has 1 atom stereocenters. The van der Waals surface area contributed by atoms with Gasteiger partial charge in [0, 0.05) is 5.92 Å². The molecule has 2 aliphatic rings. The summed E-state index contributed by atoms with van der Waals surface area (Å²) in [5, 5.41) is 14.1. The first kappa shape index (κ1) is 15.0. The molecule has 1 unspecified atom stereocenters. The van der Waals surface area contributed by atoms with E-state index in [1.165, 1.54) is 12.8 Å². The molecule has 1 N–H and O–H groups in total. The van der Waals surface area contributed by atoms with Gasteiger partial charge in [0.15, 0.2) is 5.82 Å². The van der Waals surface area contributed by atoms with Crippen LogP contribution in [0.25, 0.3) is 0 Å². The number of aliphatic hydroxyl groups excluding tert-OH is 1. The topological polar surface area (TPSA) is 59.2 Å². The third-order valence-corrected chi connectivity index (χ3v) is 5.35. The minimum Gasteiger partial charge on any atom is -0.392 e. The highest BCUT2D eigenvalue weighted by Gasteiger charge is 2.33. The van der Waals surface area contributed by atoms with E-state index in [0.29, 0.717) is 29.6 Å². The lowest BCUT2D eigenvalue weighted by molar-refractivity contribution is 0.140. The van der Waals surface area contributed by atoms with E-state index < -0.39 is 0 Å². The van der Waals surface area contributed by atoms with Crippen LogP contribution in [0.4, 0.5) is 0 Å². The lowest BCUT2D eigenvalue weighted by Crippen LogP contribution is -2.25. The van der Waals surface area contributed by atoms with E-state index in [-0.39, 0.29) is 6.10 Å². The fourth-order valence-electron chi connectivity index (χ4n) is 3.56. The number of hydrogen-bond acceptors (Lipinski definition) is 4. The minimum absolute atomic E-state index is 0.296. The van der Waals surface area contributed by atoms with Crippen LogP contribution in [0, 0.1) is 17.3 Å². The van der Waals surface area contributed by atoms with Crippen molar-refractivity contribution >= 4 is 0 Å². The van der Waals surface area contributed by atoms with Gasteiger partial charge >= 0.3 is 0 Å². The average molecular weight is 292 g/mol. The van der Waals surface area contributed by atoms with Crippen LogP contribution >= 0.6 is 0 Å². The molecular formula is C17H28N2O2. The van der Waals surface area contributed by atoms with Gasteiger partial charge in [0.25, 0.3) is 0 Å². The van der Waals surface area contributed by atoms with Crippen molar-refractivity contribution < 1.29 is 9.63 Å². The van der Waals surface area contributed by atoms with Crippen LogP contribution in [0.1, 0.15) is 76.9 Å². The van der Waals surface area contributed by atoms with Crippen LogP contribution in [-0.4, -0.2) is 21.4 Å². The molecule has 1 aromatic heterocycles. The van der Waals surface area contributed by atoms with Crippen molar-refractivity contribution in [1.82, 2.24) is 10.1 Å². The third-order valence-electron chi connectivity index (χ3n) is 5.35. The van der Waals surface area contributed by atoms with Crippen molar-refractivity contribution in [2.75, 3.05) is 0 Å². The van der Waals surface area contributed by atoms with Crippen molar-refractivity contribution in [1.29, 1.82) is 0 Å². The second-order valence-electron chi connectivity index (χ2n) is 8.07. The van der Waals surface area contributed by atoms with E-state index in [1.54, 1.807) is 0 Å². The average Bonchev–Trinajstić information content (AvgIpc) is 3.19. The summed E-state index contributed by atoms with van der Waals surface area (Å²) in [6.45, 7) is 7.01. The zero-order chi connectivity index (χ0) is 15.0. The predicted octanol–water partition coefficient (Wildman–Crippen LogP) is 3.70. The zero-order valence-electron chi connectivity index (χ0n) is 13.5. The number of aliphatic hydroxyl groups is 1. The summed E-state index contributed by atoms with van der Waals surface area (Å²) in [4.78, 5) is 4.53. The van der Waals surface area contributed by atoms with Crippen molar-refractivity contribution in [2.24, 2.45) is 17.3 Å². The quantitative estimate of drug-likeness (QED) is 0.919. The van der Waals surface area contributed by atoms with E-state index in [1.807, 2.05) is 0 Å². The third kappa shape index (κ3) is 3.65. The molecule has 0 spiro atoms. The molecule has 118 valence electrons. The summed E-state index contributed by atoms with van der Waals surface area (Å²) in [7, 11) is 0. The monoisotopic (exact) mass is 292 g/mol. The molecule has 2 fully saturated rings. The van der Waals surface area contributed by atoms with Crippen LogP contribution in [0.3, 0.4) is 0 Å². The molecule has 0 aliphatic heterocycles. The van der Waals surface area contributed by atoms with Gasteiger partial charge in [-0.2, -0.15) is 4.98 Å². The SMILES string of the molecule is CC(C)(C)C1CCC(c2noc(CC(O)C3CC3)n2)CC1. The smallest absolute Gasteiger partial charge is 0.229 e. The van der Waals surface area contributed by atoms with Gasteiger partial charge in [-0.15, -0.1) is 0 Å². The number of aromatic nitrogens is 2. The van der Waals surface area contributed by atoms with Gasteiger partial charge in [0.2, 0.25) is 5.89 Å². The standard InChI is InChI=1S/C17H28N2O2/c1-17(2,3)13-8-6-12(7-9-13)16-18-15(21-19-16)10-14(20)11-4-5-11/h11-14,20H,4-10H2,1-3H3. The molecule has 4 nitrogen and oxygen atoms in total. The number of hydrogen-bond donors (Lipinski definition) is 1. The maximum Gasteiger partial charge on any atom is 0.229 e. The highest BCUT2D eigenvalue weighted by molar-refractivity contribution is 5.00. The van der Waals surface area contributed by atoms with E-state index in [0.717, 1.165) is 37.4 Å². The zero-order valence-corrected chi connectivity index (χ0v) is 13.5. The summed E-state index contributed by atoms with van der Waals surface area (Å²) in [6.07, 6.45) is 7.33. The Kier molecular flexibility index (Phi) is 4.08. The Labute approximate surface area is 127 Å². The molecule has 0 saturated heterocycles. The molecule has 1 aromatic rings.